The molecular formula is C21H20FN3O3. The molecule has 0 atom stereocenters. The molecule has 0 unspecified atom stereocenters. The van der Waals surface area contributed by atoms with E-state index >= 15 is 0 Å². The minimum absolute atomic E-state index is 0.0715. The van der Waals surface area contributed by atoms with E-state index < -0.39 is 0 Å². The fourth-order valence-corrected chi connectivity index (χ4v) is 2.56. The van der Waals surface area contributed by atoms with Gasteiger partial charge >= 0.3 is 0 Å². The second kappa shape index (κ2) is 8.85. The van der Waals surface area contributed by atoms with Crippen molar-refractivity contribution < 1.29 is 18.4 Å². The molecule has 144 valence electrons. The lowest BCUT2D eigenvalue weighted by Gasteiger charge is -2.12. The molecule has 0 aliphatic rings. The van der Waals surface area contributed by atoms with E-state index in [1.54, 1.807) is 55.5 Å². The number of para-hydroxylation sites is 1. The van der Waals surface area contributed by atoms with E-state index in [1.165, 1.54) is 12.3 Å². The average molecular weight is 381 g/mol. The topological polar surface area (TPSA) is 83.4 Å². The second-order valence-electron chi connectivity index (χ2n) is 6.17. The largest absolute Gasteiger partial charge is 0.467 e. The van der Waals surface area contributed by atoms with Gasteiger partial charge in [0.15, 0.2) is 0 Å². The summed E-state index contributed by atoms with van der Waals surface area (Å²) in [6.45, 7) is 1.84. The van der Waals surface area contributed by atoms with E-state index in [9.17, 15) is 14.0 Å². The number of carbonyl (C=O) groups excluding carboxylic acids is 2. The summed E-state index contributed by atoms with van der Waals surface area (Å²) in [4.78, 5) is 24.6. The number of amides is 2. The van der Waals surface area contributed by atoms with Gasteiger partial charge in [0.25, 0.3) is 5.91 Å². The quantitative estimate of drug-likeness (QED) is 0.583. The number of nitrogens with one attached hydrogen (secondary N) is 3. The number of aryl methyl sites for hydroxylation is 1. The third-order valence-electron chi connectivity index (χ3n) is 4.07. The van der Waals surface area contributed by atoms with Crippen molar-refractivity contribution >= 4 is 23.2 Å². The van der Waals surface area contributed by atoms with Gasteiger partial charge in [-0.1, -0.05) is 18.2 Å². The summed E-state index contributed by atoms with van der Waals surface area (Å²) in [5.41, 5.74) is 1.80. The van der Waals surface area contributed by atoms with Gasteiger partial charge in [0.05, 0.1) is 24.9 Å². The molecule has 0 bridgehead atoms. The Bertz CT molecular complexity index is 971. The molecule has 7 heteroatoms. The summed E-state index contributed by atoms with van der Waals surface area (Å²) in [5.74, 6) is -0.387. The van der Waals surface area contributed by atoms with Gasteiger partial charge in [-0.25, -0.2) is 4.39 Å². The normalized spacial score (nSPS) is 10.4. The molecule has 28 heavy (non-hydrogen) atoms. The van der Waals surface area contributed by atoms with Crippen molar-refractivity contribution in [3.05, 3.63) is 83.6 Å². The third-order valence-corrected chi connectivity index (χ3v) is 4.07. The van der Waals surface area contributed by atoms with E-state index in [1.807, 2.05) is 0 Å². The molecule has 0 aliphatic heterocycles. The van der Waals surface area contributed by atoms with Crippen LogP contribution in [0.15, 0.2) is 65.3 Å². The van der Waals surface area contributed by atoms with Crippen molar-refractivity contribution in [2.75, 3.05) is 17.2 Å². The molecule has 1 aromatic heterocycles. The molecule has 2 amide bonds. The summed E-state index contributed by atoms with van der Waals surface area (Å²) < 4.78 is 18.8. The van der Waals surface area contributed by atoms with Gasteiger partial charge in [0.2, 0.25) is 5.91 Å². The number of furan rings is 1. The zero-order chi connectivity index (χ0) is 19.9. The standard InChI is InChI=1S/C21H20FN3O3/c1-14-8-9-15(11-18(14)22)25-20(26)13-23-19-7-3-2-6-17(19)21(27)24-12-16-5-4-10-28-16/h2-11,23H,12-13H2,1H3,(H,24,27)(H,25,26). The number of anilines is 2. The van der Waals surface area contributed by atoms with Crippen LogP contribution in [0.5, 0.6) is 0 Å². The number of benzene rings is 2. The molecule has 3 N–H and O–H groups in total. The summed E-state index contributed by atoms with van der Waals surface area (Å²) in [6.07, 6.45) is 1.54. The zero-order valence-electron chi connectivity index (χ0n) is 15.3. The highest BCUT2D eigenvalue weighted by molar-refractivity contribution is 6.00. The molecule has 2 aromatic carbocycles. The van der Waals surface area contributed by atoms with Gasteiger partial charge in [-0.2, -0.15) is 0 Å². The third kappa shape index (κ3) is 4.97. The molecule has 1 heterocycles. The molecule has 0 aliphatic carbocycles. The fourth-order valence-electron chi connectivity index (χ4n) is 2.56. The van der Waals surface area contributed by atoms with Crippen LogP contribution in [0.1, 0.15) is 21.7 Å². The lowest BCUT2D eigenvalue weighted by atomic mass is 10.1. The van der Waals surface area contributed by atoms with Crippen molar-refractivity contribution in [3.63, 3.8) is 0 Å². The molecule has 3 rings (SSSR count). The maximum absolute atomic E-state index is 13.6. The predicted octanol–water partition coefficient (Wildman–Crippen LogP) is 3.71. The highest BCUT2D eigenvalue weighted by Gasteiger charge is 2.12. The summed E-state index contributed by atoms with van der Waals surface area (Å²) >= 11 is 0. The van der Waals surface area contributed by atoms with Crippen molar-refractivity contribution in [2.24, 2.45) is 0 Å². The van der Waals surface area contributed by atoms with Gasteiger partial charge in [0.1, 0.15) is 11.6 Å². The number of carbonyl (C=O) groups is 2. The van der Waals surface area contributed by atoms with Gasteiger partial charge in [-0.15, -0.1) is 0 Å². The molecule has 6 nitrogen and oxygen atoms in total. The lowest BCUT2D eigenvalue weighted by molar-refractivity contribution is -0.114. The molecule has 0 fully saturated rings. The van der Waals surface area contributed by atoms with Crippen molar-refractivity contribution in [3.8, 4) is 0 Å². The van der Waals surface area contributed by atoms with Crippen LogP contribution in [0.25, 0.3) is 0 Å². The highest BCUT2D eigenvalue weighted by Crippen LogP contribution is 2.16. The molecule has 0 spiro atoms. The smallest absolute Gasteiger partial charge is 0.253 e. The number of halogens is 1. The van der Waals surface area contributed by atoms with Crippen LogP contribution in [0.3, 0.4) is 0 Å². The van der Waals surface area contributed by atoms with Crippen molar-refractivity contribution in [1.82, 2.24) is 5.32 Å². The Hall–Kier alpha value is -3.61. The second-order valence-corrected chi connectivity index (χ2v) is 6.17. The maximum Gasteiger partial charge on any atom is 0.253 e. The first-order chi connectivity index (χ1) is 13.5. The van der Waals surface area contributed by atoms with E-state index in [0.29, 0.717) is 28.3 Å². The van der Waals surface area contributed by atoms with Crippen LogP contribution < -0.4 is 16.0 Å². The van der Waals surface area contributed by atoms with Crippen LogP contribution >= 0.6 is 0 Å². The average Bonchev–Trinajstić information content (AvgIpc) is 3.21. The fraction of sp³-hybridized carbons (Fsp3) is 0.143. The van der Waals surface area contributed by atoms with E-state index in [2.05, 4.69) is 16.0 Å². The van der Waals surface area contributed by atoms with Crippen LogP contribution in [-0.4, -0.2) is 18.4 Å². The Kier molecular flexibility index (Phi) is 6.06. The lowest BCUT2D eigenvalue weighted by Crippen LogP contribution is -2.26. The van der Waals surface area contributed by atoms with Gasteiger partial charge in [0, 0.05) is 11.4 Å². The van der Waals surface area contributed by atoms with E-state index in [-0.39, 0.29) is 30.7 Å². The number of hydrogen-bond donors (Lipinski definition) is 3. The molecule has 3 aromatic rings. The summed E-state index contributed by atoms with van der Waals surface area (Å²) in [5, 5.41) is 8.33. The zero-order valence-corrected chi connectivity index (χ0v) is 15.3. The van der Waals surface area contributed by atoms with E-state index in [4.69, 9.17) is 4.42 Å². The van der Waals surface area contributed by atoms with Crippen LogP contribution in [0.4, 0.5) is 15.8 Å². The molecule has 0 saturated carbocycles. The Balaban J connectivity index is 1.58. The summed E-state index contributed by atoms with van der Waals surface area (Å²) in [7, 11) is 0. The SMILES string of the molecule is Cc1ccc(NC(=O)CNc2ccccc2C(=O)NCc2ccco2)cc1F. The van der Waals surface area contributed by atoms with Gasteiger partial charge in [-0.3, -0.25) is 9.59 Å². The Labute approximate surface area is 161 Å². The van der Waals surface area contributed by atoms with E-state index in [0.717, 1.165) is 0 Å². The minimum Gasteiger partial charge on any atom is -0.467 e. The first-order valence-electron chi connectivity index (χ1n) is 8.72. The first-order valence-corrected chi connectivity index (χ1v) is 8.72. The van der Waals surface area contributed by atoms with Crippen LogP contribution in [0.2, 0.25) is 0 Å². The summed E-state index contributed by atoms with van der Waals surface area (Å²) in [6, 6.07) is 14.9. The number of rotatable bonds is 7. The van der Waals surface area contributed by atoms with Crippen LogP contribution in [-0.2, 0) is 11.3 Å². The van der Waals surface area contributed by atoms with Crippen molar-refractivity contribution in [2.45, 2.75) is 13.5 Å². The Morgan fingerprint density at radius 2 is 1.89 bits per heavy atom. The highest BCUT2D eigenvalue weighted by atomic mass is 19.1. The monoisotopic (exact) mass is 381 g/mol. The number of hydrogen-bond acceptors (Lipinski definition) is 4. The predicted molar refractivity (Wildman–Crippen MR) is 105 cm³/mol. The molecular weight excluding hydrogens is 361 g/mol. The van der Waals surface area contributed by atoms with Gasteiger partial charge < -0.3 is 20.4 Å². The Morgan fingerprint density at radius 1 is 1.07 bits per heavy atom. The minimum atomic E-state index is -0.385. The van der Waals surface area contributed by atoms with Crippen molar-refractivity contribution in [1.29, 1.82) is 0 Å². The van der Waals surface area contributed by atoms with Gasteiger partial charge in [-0.05, 0) is 48.9 Å². The molecule has 0 saturated heterocycles. The first kappa shape index (κ1) is 19.2. The molecule has 0 radical (unpaired) electrons. The Morgan fingerprint density at radius 3 is 2.64 bits per heavy atom. The maximum atomic E-state index is 13.6. The van der Waals surface area contributed by atoms with Crippen LogP contribution in [0, 0.1) is 12.7 Å².